The summed E-state index contributed by atoms with van der Waals surface area (Å²) in [7, 11) is -1.37. The van der Waals surface area contributed by atoms with E-state index >= 15 is 0 Å². The van der Waals surface area contributed by atoms with Crippen molar-refractivity contribution in [2.45, 2.75) is 19.4 Å². The Labute approximate surface area is 183 Å². The molecule has 1 aromatic carbocycles. The van der Waals surface area contributed by atoms with Gasteiger partial charge >= 0.3 is 0 Å². The molecule has 1 heterocycles. The number of benzene rings is 1. The smallest absolute Gasteiger partial charge is 0.191 e. The summed E-state index contributed by atoms with van der Waals surface area (Å²) in [6.07, 6.45) is 2.16. The summed E-state index contributed by atoms with van der Waals surface area (Å²) in [5.41, 5.74) is 0.975. The van der Waals surface area contributed by atoms with Gasteiger partial charge in [-0.05, 0) is 31.5 Å². The van der Waals surface area contributed by atoms with Crippen molar-refractivity contribution in [2.24, 2.45) is 4.99 Å². The summed E-state index contributed by atoms with van der Waals surface area (Å²) in [6, 6.07) is 5.80. The molecule has 0 radical (unpaired) electrons. The van der Waals surface area contributed by atoms with E-state index < -0.39 is 9.84 Å². The van der Waals surface area contributed by atoms with Crippen LogP contribution in [0.3, 0.4) is 0 Å². The monoisotopic (exact) mass is 530 g/mol. The number of aliphatic imine (C=N–C) groups is 1. The Kier molecular flexibility index (Phi) is 9.96. The highest BCUT2D eigenvalue weighted by Crippen LogP contribution is 2.33. The number of ether oxygens (including phenoxy) is 1. The number of anilines is 1. The average molecular weight is 531 g/mol. The van der Waals surface area contributed by atoms with Crippen LogP contribution in [0, 0.1) is 0 Å². The molecule has 2 rings (SSSR count). The van der Waals surface area contributed by atoms with Crippen molar-refractivity contribution in [1.29, 1.82) is 0 Å². The molecular weight excluding hydrogens is 503 g/mol. The van der Waals surface area contributed by atoms with Crippen molar-refractivity contribution >= 4 is 57.1 Å². The van der Waals surface area contributed by atoms with E-state index in [1.165, 1.54) is 6.26 Å². The van der Waals surface area contributed by atoms with Gasteiger partial charge in [0.1, 0.15) is 15.6 Å². The summed E-state index contributed by atoms with van der Waals surface area (Å²) in [5, 5.41) is 7.22. The zero-order valence-electron chi connectivity index (χ0n) is 15.9. The molecule has 1 fully saturated rings. The number of nitrogens with one attached hydrogen (secondary N) is 2. The van der Waals surface area contributed by atoms with Crippen LogP contribution >= 0.6 is 35.6 Å². The Hall–Kier alpha value is -0.940. The highest BCUT2D eigenvalue weighted by molar-refractivity contribution is 14.0. The first-order valence-corrected chi connectivity index (χ1v) is 11.1. The van der Waals surface area contributed by atoms with Crippen LogP contribution in [-0.4, -0.2) is 65.7 Å². The molecule has 0 aromatic heterocycles. The van der Waals surface area contributed by atoms with Gasteiger partial charge in [0, 0.05) is 37.0 Å². The highest BCUT2D eigenvalue weighted by atomic mass is 127. The van der Waals surface area contributed by atoms with E-state index in [0.717, 1.165) is 30.9 Å². The number of methoxy groups -OCH3 is 1. The molecule has 1 aliphatic rings. The largest absolute Gasteiger partial charge is 0.495 e. The summed E-state index contributed by atoms with van der Waals surface area (Å²) in [6.45, 7) is 4.59. The number of guanidine groups is 1. The SMILES string of the molecule is CCNC(=NCCS(C)(=O)=O)NC1CCN(c2cc(Cl)ccc2OC)C1.I. The average Bonchev–Trinajstić information content (AvgIpc) is 3.02. The standard InChI is InChI=1S/C17H27ClN4O3S.HI/c1-4-19-17(20-8-10-26(3,23)24)21-14-7-9-22(12-14)15-11-13(18)5-6-16(15)25-2;/h5-6,11,14H,4,7-10,12H2,1-3H3,(H2,19,20,21);1H. The predicted molar refractivity (Wildman–Crippen MR) is 123 cm³/mol. The van der Waals surface area contributed by atoms with E-state index in [0.29, 0.717) is 17.5 Å². The molecule has 7 nitrogen and oxygen atoms in total. The second-order valence-electron chi connectivity index (χ2n) is 6.28. The van der Waals surface area contributed by atoms with E-state index in [9.17, 15) is 8.42 Å². The van der Waals surface area contributed by atoms with Gasteiger partial charge < -0.3 is 20.3 Å². The fourth-order valence-electron chi connectivity index (χ4n) is 2.84. The zero-order valence-corrected chi connectivity index (χ0v) is 19.8. The molecule has 1 aliphatic heterocycles. The van der Waals surface area contributed by atoms with Crippen molar-refractivity contribution in [3.05, 3.63) is 23.2 Å². The van der Waals surface area contributed by atoms with Crippen LogP contribution in [0.5, 0.6) is 5.75 Å². The Bertz CT molecular complexity index is 746. The topological polar surface area (TPSA) is 83.0 Å². The molecule has 0 saturated carbocycles. The van der Waals surface area contributed by atoms with Crippen molar-refractivity contribution in [1.82, 2.24) is 10.6 Å². The zero-order chi connectivity index (χ0) is 19.2. The van der Waals surface area contributed by atoms with Gasteiger partial charge in [-0.3, -0.25) is 4.99 Å². The molecule has 0 spiro atoms. The number of hydrogen-bond donors (Lipinski definition) is 2. The number of sulfone groups is 1. The van der Waals surface area contributed by atoms with Crippen LogP contribution in [0.15, 0.2) is 23.2 Å². The van der Waals surface area contributed by atoms with E-state index in [1.54, 1.807) is 7.11 Å². The quantitative estimate of drug-likeness (QED) is 0.319. The van der Waals surface area contributed by atoms with Gasteiger partial charge in [-0.25, -0.2) is 8.42 Å². The molecule has 2 N–H and O–H groups in total. The van der Waals surface area contributed by atoms with Gasteiger partial charge in [-0.15, -0.1) is 24.0 Å². The number of rotatable bonds is 7. The third-order valence-electron chi connectivity index (χ3n) is 4.09. The lowest BCUT2D eigenvalue weighted by molar-refractivity contribution is 0.415. The lowest BCUT2D eigenvalue weighted by Crippen LogP contribution is -2.44. The second kappa shape index (κ2) is 11.2. The van der Waals surface area contributed by atoms with Crippen LogP contribution in [0.4, 0.5) is 5.69 Å². The molecule has 1 aromatic rings. The maximum absolute atomic E-state index is 11.3. The summed E-state index contributed by atoms with van der Waals surface area (Å²) >= 11 is 6.13. The van der Waals surface area contributed by atoms with Crippen LogP contribution in [0.1, 0.15) is 13.3 Å². The van der Waals surface area contributed by atoms with Gasteiger partial charge in [0.25, 0.3) is 0 Å². The number of hydrogen-bond acceptors (Lipinski definition) is 5. The lowest BCUT2D eigenvalue weighted by Gasteiger charge is -2.22. The van der Waals surface area contributed by atoms with Gasteiger partial charge in [0.2, 0.25) is 0 Å². The summed E-state index contributed by atoms with van der Waals surface area (Å²) in [4.78, 5) is 6.58. The van der Waals surface area contributed by atoms with E-state index in [2.05, 4.69) is 20.5 Å². The number of halogens is 2. The minimum atomic E-state index is -3.02. The molecular formula is C17H28ClIN4O3S. The van der Waals surface area contributed by atoms with Crippen molar-refractivity contribution in [3.63, 3.8) is 0 Å². The molecule has 0 aliphatic carbocycles. The van der Waals surface area contributed by atoms with Crippen molar-refractivity contribution in [3.8, 4) is 5.75 Å². The summed E-state index contributed by atoms with van der Waals surface area (Å²) in [5.74, 6) is 1.48. The predicted octanol–water partition coefficient (Wildman–Crippen LogP) is 2.15. The molecule has 154 valence electrons. The molecule has 1 atom stereocenters. The maximum Gasteiger partial charge on any atom is 0.191 e. The van der Waals surface area contributed by atoms with Gasteiger partial charge in [-0.1, -0.05) is 11.6 Å². The number of nitrogens with zero attached hydrogens (tertiary/aromatic N) is 2. The maximum atomic E-state index is 11.3. The van der Waals surface area contributed by atoms with Gasteiger partial charge in [-0.2, -0.15) is 0 Å². The normalized spacial score (nSPS) is 17.4. The second-order valence-corrected chi connectivity index (χ2v) is 8.98. The third-order valence-corrected chi connectivity index (χ3v) is 5.25. The third kappa shape index (κ3) is 7.90. The van der Waals surface area contributed by atoms with E-state index in [-0.39, 0.29) is 42.3 Å². The Morgan fingerprint density at radius 3 is 2.81 bits per heavy atom. The first-order valence-electron chi connectivity index (χ1n) is 8.63. The Morgan fingerprint density at radius 1 is 1.44 bits per heavy atom. The van der Waals surface area contributed by atoms with Crippen molar-refractivity contribution in [2.75, 3.05) is 50.2 Å². The van der Waals surface area contributed by atoms with Crippen LogP contribution in [0.25, 0.3) is 0 Å². The first-order chi connectivity index (χ1) is 12.3. The van der Waals surface area contributed by atoms with E-state index in [4.69, 9.17) is 16.3 Å². The van der Waals surface area contributed by atoms with Crippen LogP contribution < -0.4 is 20.3 Å². The van der Waals surface area contributed by atoms with Gasteiger partial charge in [0.05, 0.1) is 25.1 Å². The lowest BCUT2D eigenvalue weighted by atomic mass is 10.2. The fourth-order valence-corrected chi connectivity index (χ4v) is 3.43. The van der Waals surface area contributed by atoms with E-state index in [1.807, 2.05) is 25.1 Å². The molecule has 0 amide bonds. The molecule has 0 bridgehead atoms. The minimum absolute atomic E-state index is 0. The van der Waals surface area contributed by atoms with Crippen LogP contribution in [0.2, 0.25) is 5.02 Å². The molecule has 27 heavy (non-hydrogen) atoms. The highest BCUT2D eigenvalue weighted by Gasteiger charge is 2.25. The van der Waals surface area contributed by atoms with Crippen LogP contribution in [-0.2, 0) is 9.84 Å². The summed E-state index contributed by atoms with van der Waals surface area (Å²) < 4.78 is 28.0. The molecule has 1 saturated heterocycles. The first kappa shape index (κ1) is 24.1. The Balaban J connectivity index is 0.00000364. The van der Waals surface area contributed by atoms with Crippen molar-refractivity contribution < 1.29 is 13.2 Å². The van der Waals surface area contributed by atoms with Gasteiger partial charge in [0.15, 0.2) is 5.96 Å². The minimum Gasteiger partial charge on any atom is -0.495 e. The fraction of sp³-hybridized carbons (Fsp3) is 0.588. The molecule has 1 unspecified atom stereocenters. The molecule has 10 heteroatoms. The Morgan fingerprint density at radius 2 is 2.19 bits per heavy atom.